The second-order valence-electron chi connectivity index (χ2n) is 7.73. The molecule has 0 aromatic heterocycles. The van der Waals surface area contributed by atoms with Crippen molar-refractivity contribution in [3.05, 3.63) is 29.8 Å². The summed E-state index contributed by atoms with van der Waals surface area (Å²) in [7, 11) is 2.30. The van der Waals surface area contributed by atoms with E-state index in [0.717, 1.165) is 11.7 Å². The quantitative estimate of drug-likeness (QED) is 0.798. The van der Waals surface area contributed by atoms with E-state index in [9.17, 15) is 0 Å². The Morgan fingerprint density at radius 1 is 1.19 bits per heavy atom. The Hall–Kier alpha value is -1.02. The van der Waals surface area contributed by atoms with Crippen LogP contribution >= 0.6 is 0 Å². The van der Waals surface area contributed by atoms with E-state index < -0.39 is 0 Å². The van der Waals surface area contributed by atoms with Crippen LogP contribution in [0.3, 0.4) is 0 Å². The van der Waals surface area contributed by atoms with Gasteiger partial charge in [0.1, 0.15) is 0 Å². The molecule has 0 bridgehead atoms. The third-order valence-corrected chi connectivity index (χ3v) is 5.35. The lowest BCUT2D eigenvalue weighted by Crippen LogP contribution is -2.38. The molecule has 118 valence electrons. The van der Waals surface area contributed by atoms with Gasteiger partial charge < -0.3 is 10.6 Å². The summed E-state index contributed by atoms with van der Waals surface area (Å²) in [5.74, 6) is 0.605. The minimum absolute atomic E-state index is 0.564. The van der Waals surface area contributed by atoms with Gasteiger partial charge in [0.15, 0.2) is 0 Å². The second-order valence-corrected chi connectivity index (χ2v) is 7.73. The molecule has 2 nitrogen and oxygen atoms in total. The highest BCUT2D eigenvalue weighted by Gasteiger charge is 2.28. The molecule has 1 aliphatic rings. The lowest BCUT2D eigenvalue weighted by atomic mass is 9.75. The first kappa shape index (κ1) is 16.4. The molecular formula is C19H32N2. The van der Waals surface area contributed by atoms with E-state index in [4.69, 9.17) is 5.73 Å². The molecule has 2 N–H and O–H groups in total. The van der Waals surface area contributed by atoms with Crippen LogP contribution in [0.4, 0.5) is 5.69 Å². The number of hydrogen-bond acceptors (Lipinski definition) is 2. The Labute approximate surface area is 130 Å². The molecule has 1 aromatic carbocycles. The van der Waals surface area contributed by atoms with E-state index in [-0.39, 0.29) is 0 Å². The highest BCUT2D eigenvalue weighted by Crippen LogP contribution is 2.36. The summed E-state index contributed by atoms with van der Waals surface area (Å²) in [5.41, 5.74) is 8.58. The van der Waals surface area contributed by atoms with E-state index in [1.807, 2.05) is 12.1 Å². The van der Waals surface area contributed by atoms with Gasteiger partial charge >= 0.3 is 0 Å². The smallest absolute Gasteiger partial charge is 0.0314 e. The van der Waals surface area contributed by atoms with Crippen molar-refractivity contribution in [2.24, 2.45) is 5.41 Å². The fraction of sp³-hybridized carbons (Fsp3) is 0.684. The van der Waals surface area contributed by atoms with E-state index in [1.165, 1.54) is 44.2 Å². The second kappa shape index (κ2) is 6.83. The van der Waals surface area contributed by atoms with Crippen LogP contribution in [0.15, 0.2) is 24.3 Å². The third kappa shape index (κ3) is 4.74. The van der Waals surface area contributed by atoms with Gasteiger partial charge in [-0.2, -0.15) is 0 Å². The van der Waals surface area contributed by atoms with Gasteiger partial charge in [-0.25, -0.2) is 0 Å². The summed E-state index contributed by atoms with van der Waals surface area (Å²) in [6.45, 7) is 8.33. The van der Waals surface area contributed by atoms with Crippen molar-refractivity contribution >= 4 is 5.69 Å². The first-order valence-electron chi connectivity index (χ1n) is 8.43. The molecule has 0 amide bonds. The molecule has 0 aliphatic heterocycles. The number of rotatable bonds is 5. The molecule has 1 saturated carbocycles. The van der Waals surface area contributed by atoms with Crippen molar-refractivity contribution in [2.75, 3.05) is 19.3 Å². The standard InChI is InChI=1S/C19H32N2/c1-15(16-5-7-17(20)8-6-16)11-14-21(4)18-9-12-19(2,3)13-10-18/h5-8,15,18H,9-14,20H2,1-4H3. The summed E-state index contributed by atoms with van der Waals surface area (Å²) in [5, 5.41) is 0. The predicted octanol–water partition coefficient (Wildman–Crippen LogP) is 4.66. The fourth-order valence-electron chi connectivity index (χ4n) is 3.40. The normalized spacial score (nSPS) is 20.6. The van der Waals surface area contributed by atoms with Crippen LogP contribution < -0.4 is 5.73 Å². The Bertz CT molecular complexity index is 425. The Kier molecular flexibility index (Phi) is 5.32. The molecule has 1 aliphatic carbocycles. The van der Waals surface area contributed by atoms with Gasteiger partial charge in [0, 0.05) is 11.7 Å². The maximum atomic E-state index is 5.76. The Morgan fingerprint density at radius 3 is 2.33 bits per heavy atom. The topological polar surface area (TPSA) is 29.3 Å². The molecule has 0 saturated heterocycles. The number of hydrogen-bond donors (Lipinski definition) is 1. The summed E-state index contributed by atoms with van der Waals surface area (Å²) >= 11 is 0. The van der Waals surface area contributed by atoms with Crippen LogP contribution in [0.25, 0.3) is 0 Å². The lowest BCUT2D eigenvalue weighted by molar-refractivity contribution is 0.125. The molecular weight excluding hydrogens is 256 g/mol. The van der Waals surface area contributed by atoms with Crippen LogP contribution in [0.2, 0.25) is 0 Å². The highest BCUT2D eigenvalue weighted by atomic mass is 15.1. The number of nitrogen functional groups attached to an aromatic ring is 1. The number of nitrogens with two attached hydrogens (primary N) is 1. The molecule has 2 heteroatoms. The Balaban J connectivity index is 1.78. The first-order chi connectivity index (χ1) is 9.87. The highest BCUT2D eigenvalue weighted by molar-refractivity contribution is 5.40. The van der Waals surface area contributed by atoms with Gasteiger partial charge in [-0.15, -0.1) is 0 Å². The molecule has 0 heterocycles. The SMILES string of the molecule is CC(CCN(C)C1CCC(C)(C)CC1)c1ccc(N)cc1. The van der Waals surface area contributed by atoms with Gasteiger partial charge in [0.25, 0.3) is 0 Å². The molecule has 2 rings (SSSR count). The van der Waals surface area contributed by atoms with Crippen molar-refractivity contribution in [2.45, 2.75) is 64.8 Å². The van der Waals surface area contributed by atoms with Crippen molar-refractivity contribution < 1.29 is 0 Å². The molecule has 0 radical (unpaired) electrons. The van der Waals surface area contributed by atoms with E-state index in [2.05, 4.69) is 44.9 Å². The van der Waals surface area contributed by atoms with Gasteiger partial charge in [-0.3, -0.25) is 0 Å². The monoisotopic (exact) mass is 288 g/mol. The van der Waals surface area contributed by atoms with E-state index >= 15 is 0 Å². The number of anilines is 1. The first-order valence-corrected chi connectivity index (χ1v) is 8.43. The molecule has 21 heavy (non-hydrogen) atoms. The average Bonchev–Trinajstić information content (AvgIpc) is 2.45. The largest absolute Gasteiger partial charge is 0.399 e. The predicted molar refractivity (Wildman–Crippen MR) is 92.6 cm³/mol. The molecule has 1 atom stereocenters. The van der Waals surface area contributed by atoms with Gasteiger partial charge in [-0.05, 0) is 74.7 Å². The average molecular weight is 288 g/mol. The number of benzene rings is 1. The van der Waals surface area contributed by atoms with Gasteiger partial charge in [-0.1, -0.05) is 32.9 Å². The van der Waals surface area contributed by atoms with Crippen LogP contribution in [0.5, 0.6) is 0 Å². The van der Waals surface area contributed by atoms with Crippen LogP contribution in [-0.2, 0) is 0 Å². The van der Waals surface area contributed by atoms with Crippen molar-refractivity contribution in [3.8, 4) is 0 Å². The van der Waals surface area contributed by atoms with Gasteiger partial charge in [0.2, 0.25) is 0 Å². The maximum absolute atomic E-state index is 5.76. The zero-order valence-corrected chi connectivity index (χ0v) is 14.2. The zero-order chi connectivity index (χ0) is 15.5. The summed E-state index contributed by atoms with van der Waals surface area (Å²) in [6, 6.07) is 9.15. The summed E-state index contributed by atoms with van der Waals surface area (Å²) in [6.07, 6.45) is 6.69. The van der Waals surface area contributed by atoms with Crippen molar-refractivity contribution in [1.29, 1.82) is 0 Å². The lowest BCUT2D eigenvalue weighted by Gasteiger charge is -2.39. The molecule has 1 unspecified atom stereocenters. The van der Waals surface area contributed by atoms with Gasteiger partial charge in [0.05, 0.1) is 0 Å². The summed E-state index contributed by atoms with van der Waals surface area (Å²) in [4.78, 5) is 2.59. The fourth-order valence-corrected chi connectivity index (χ4v) is 3.40. The van der Waals surface area contributed by atoms with Crippen LogP contribution in [-0.4, -0.2) is 24.5 Å². The van der Waals surface area contributed by atoms with Crippen LogP contribution in [0, 0.1) is 5.41 Å². The van der Waals surface area contributed by atoms with Crippen molar-refractivity contribution in [1.82, 2.24) is 4.90 Å². The van der Waals surface area contributed by atoms with E-state index in [1.54, 1.807) is 0 Å². The summed E-state index contributed by atoms with van der Waals surface area (Å²) < 4.78 is 0. The van der Waals surface area contributed by atoms with Crippen LogP contribution in [0.1, 0.15) is 64.4 Å². The van der Waals surface area contributed by atoms with E-state index in [0.29, 0.717) is 11.3 Å². The number of nitrogens with zero attached hydrogens (tertiary/aromatic N) is 1. The maximum Gasteiger partial charge on any atom is 0.0314 e. The molecule has 1 fully saturated rings. The minimum Gasteiger partial charge on any atom is -0.399 e. The minimum atomic E-state index is 0.564. The third-order valence-electron chi connectivity index (χ3n) is 5.35. The zero-order valence-electron chi connectivity index (χ0n) is 14.2. The van der Waals surface area contributed by atoms with Crippen molar-refractivity contribution in [3.63, 3.8) is 0 Å². The molecule has 1 aromatic rings. The Morgan fingerprint density at radius 2 is 1.76 bits per heavy atom. The molecule has 0 spiro atoms.